The van der Waals surface area contributed by atoms with Gasteiger partial charge in [0.25, 0.3) is 0 Å². The first-order chi connectivity index (χ1) is 14.2. The zero-order chi connectivity index (χ0) is 22.6. The van der Waals surface area contributed by atoms with Gasteiger partial charge in [-0.15, -0.1) is 0 Å². The minimum Gasteiger partial charge on any atom is -0.364 e. The molecule has 0 unspecified atom stereocenters. The highest BCUT2D eigenvalue weighted by Gasteiger charge is 2.23. The van der Waals surface area contributed by atoms with Crippen molar-refractivity contribution in [2.45, 2.75) is 33.9 Å². The highest BCUT2D eigenvalue weighted by molar-refractivity contribution is 7.80. The summed E-state index contributed by atoms with van der Waals surface area (Å²) in [5.41, 5.74) is 8.36. The lowest BCUT2D eigenvalue weighted by Gasteiger charge is -2.17. The lowest BCUT2D eigenvalue weighted by atomic mass is 10.2. The van der Waals surface area contributed by atoms with E-state index in [0.717, 1.165) is 11.3 Å². The van der Waals surface area contributed by atoms with Gasteiger partial charge in [-0.3, -0.25) is 15.4 Å². The minimum atomic E-state index is -3.13. The zero-order valence-corrected chi connectivity index (χ0v) is 20.3. The summed E-state index contributed by atoms with van der Waals surface area (Å²) in [5, 5.41) is 14.8. The van der Waals surface area contributed by atoms with E-state index in [1.807, 2.05) is 24.3 Å². The van der Waals surface area contributed by atoms with E-state index in [1.165, 1.54) is 0 Å². The van der Waals surface area contributed by atoms with Gasteiger partial charge in [-0.25, -0.2) is 0 Å². The fourth-order valence-corrected chi connectivity index (χ4v) is 4.00. The molecule has 12 heteroatoms. The summed E-state index contributed by atoms with van der Waals surface area (Å²) in [4.78, 5) is 0. The summed E-state index contributed by atoms with van der Waals surface area (Å²) in [6.07, 6.45) is 0.213. The molecule has 0 amide bonds. The van der Waals surface area contributed by atoms with E-state index in [9.17, 15) is 4.57 Å². The van der Waals surface area contributed by atoms with Gasteiger partial charge in [0.05, 0.1) is 30.8 Å². The molecule has 1 rings (SSSR count). The van der Waals surface area contributed by atoms with E-state index in [0.29, 0.717) is 34.9 Å². The molecule has 30 heavy (non-hydrogen) atoms. The van der Waals surface area contributed by atoms with Crippen molar-refractivity contribution in [3.05, 3.63) is 29.8 Å². The molecule has 0 radical (unpaired) electrons. The minimum absolute atomic E-state index is 0.213. The summed E-state index contributed by atoms with van der Waals surface area (Å²) in [6, 6.07) is 7.35. The molecule has 0 fully saturated rings. The molecule has 0 atom stereocenters. The van der Waals surface area contributed by atoms with Gasteiger partial charge in [0.15, 0.2) is 10.2 Å². The lowest BCUT2D eigenvalue weighted by molar-refractivity contribution is 0.219. The average Bonchev–Trinajstić information content (AvgIpc) is 2.71. The third-order valence-corrected chi connectivity index (χ3v) is 6.18. The maximum Gasteiger partial charge on any atom is 0.335 e. The van der Waals surface area contributed by atoms with E-state index in [-0.39, 0.29) is 6.16 Å². The highest BCUT2D eigenvalue weighted by Crippen LogP contribution is 2.51. The second kappa shape index (κ2) is 13.4. The maximum atomic E-state index is 12.6. The number of rotatable bonds is 10. The molecule has 0 bridgehead atoms. The van der Waals surface area contributed by atoms with Crippen LogP contribution >= 0.6 is 32.0 Å². The Morgan fingerprint density at radius 2 is 1.47 bits per heavy atom. The molecular formula is C18H29N6O3PS2. The average molecular weight is 473 g/mol. The van der Waals surface area contributed by atoms with Crippen LogP contribution in [-0.2, 0) is 19.8 Å². The van der Waals surface area contributed by atoms with Crippen molar-refractivity contribution in [1.82, 2.24) is 16.2 Å². The Balaban J connectivity index is 2.64. The summed E-state index contributed by atoms with van der Waals surface area (Å²) < 4.78 is 23.3. The van der Waals surface area contributed by atoms with E-state index >= 15 is 0 Å². The van der Waals surface area contributed by atoms with E-state index in [2.05, 4.69) is 31.7 Å². The number of hydrogen-bond acceptors (Lipinski definition) is 7. The van der Waals surface area contributed by atoms with Crippen molar-refractivity contribution in [2.24, 2.45) is 10.2 Å². The highest BCUT2D eigenvalue weighted by atomic mass is 32.1. The van der Waals surface area contributed by atoms with Crippen LogP contribution in [0.15, 0.2) is 34.5 Å². The number of thiocarbonyl (C=S) groups is 2. The SMILES string of the molecule is CCOP(=O)(Cc1ccc(NC(=S)N/N=C(C)\C(C)=N\NC(=S)NC)cc1)OCC. The Labute approximate surface area is 188 Å². The van der Waals surface area contributed by atoms with Crippen LogP contribution < -0.4 is 21.5 Å². The quantitative estimate of drug-likeness (QED) is 0.176. The van der Waals surface area contributed by atoms with Crippen molar-refractivity contribution in [3.8, 4) is 0 Å². The monoisotopic (exact) mass is 472 g/mol. The van der Waals surface area contributed by atoms with Crippen LogP contribution in [0.4, 0.5) is 5.69 Å². The molecule has 0 aliphatic carbocycles. The normalized spacial score (nSPS) is 12.3. The van der Waals surface area contributed by atoms with Gasteiger partial charge in [-0.2, -0.15) is 10.2 Å². The molecule has 0 saturated heterocycles. The number of nitrogens with one attached hydrogen (secondary N) is 4. The summed E-state index contributed by atoms with van der Waals surface area (Å²) in [5.74, 6) is 0. The van der Waals surface area contributed by atoms with Crippen molar-refractivity contribution < 1.29 is 13.6 Å². The smallest absolute Gasteiger partial charge is 0.335 e. The van der Waals surface area contributed by atoms with Crippen LogP contribution in [0.25, 0.3) is 0 Å². The number of hydrazone groups is 2. The molecule has 0 spiro atoms. The molecule has 0 saturated carbocycles. The molecule has 0 aromatic heterocycles. The maximum absolute atomic E-state index is 12.6. The second-order valence-corrected chi connectivity index (χ2v) is 8.82. The van der Waals surface area contributed by atoms with Gasteiger partial charge in [-0.1, -0.05) is 12.1 Å². The number of hydrogen-bond donors (Lipinski definition) is 4. The molecule has 0 heterocycles. The van der Waals surface area contributed by atoms with Gasteiger partial charge in [-0.05, 0) is 69.8 Å². The van der Waals surface area contributed by atoms with Crippen LogP contribution in [-0.4, -0.2) is 41.9 Å². The summed E-state index contributed by atoms with van der Waals surface area (Å²) in [6.45, 7) is 7.83. The fourth-order valence-electron chi connectivity index (χ4n) is 2.09. The topological polar surface area (TPSA) is 108 Å². The first-order valence-corrected chi connectivity index (χ1v) is 11.9. The molecule has 166 valence electrons. The summed E-state index contributed by atoms with van der Waals surface area (Å²) >= 11 is 10.2. The van der Waals surface area contributed by atoms with Crippen molar-refractivity contribution >= 4 is 59.4 Å². The van der Waals surface area contributed by atoms with Crippen LogP contribution in [0.2, 0.25) is 0 Å². The van der Waals surface area contributed by atoms with Crippen molar-refractivity contribution in [2.75, 3.05) is 25.6 Å². The first kappa shape index (κ1) is 26.1. The van der Waals surface area contributed by atoms with Gasteiger partial charge in [0, 0.05) is 12.7 Å². The Morgan fingerprint density at radius 1 is 0.967 bits per heavy atom. The third-order valence-electron chi connectivity index (χ3n) is 3.64. The Bertz CT molecular complexity index is 820. The predicted octanol–water partition coefficient (Wildman–Crippen LogP) is 3.58. The Hall–Kier alpha value is -1.91. The lowest BCUT2D eigenvalue weighted by Crippen LogP contribution is -2.30. The van der Waals surface area contributed by atoms with Crippen molar-refractivity contribution in [1.29, 1.82) is 0 Å². The van der Waals surface area contributed by atoms with E-state index < -0.39 is 7.60 Å². The van der Waals surface area contributed by atoms with Crippen LogP contribution in [0.5, 0.6) is 0 Å². The summed E-state index contributed by atoms with van der Waals surface area (Å²) in [7, 11) is -1.43. The number of nitrogens with zero attached hydrogens (tertiary/aromatic N) is 2. The van der Waals surface area contributed by atoms with Gasteiger partial charge in [0.1, 0.15) is 0 Å². The molecule has 1 aromatic rings. The second-order valence-electron chi connectivity index (χ2n) is 5.95. The van der Waals surface area contributed by atoms with Crippen LogP contribution in [0.1, 0.15) is 33.3 Å². The molecule has 0 aliphatic rings. The zero-order valence-electron chi connectivity index (χ0n) is 17.8. The third kappa shape index (κ3) is 9.73. The van der Waals surface area contributed by atoms with Gasteiger partial charge < -0.3 is 19.7 Å². The first-order valence-electron chi connectivity index (χ1n) is 9.33. The van der Waals surface area contributed by atoms with E-state index in [1.54, 1.807) is 34.7 Å². The fraction of sp³-hybridized carbons (Fsp3) is 0.444. The molecular weight excluding hydrogens is 443 g/mol. The molecule has 1 aromatic carbocycles. The molecule has 9 nitrogen and oxygen atoms in total. The van der Waals surface area contributed by atoms with Crippen molar-refractivity contribution in [3.63, 3.8) is 0 Å². The standard InChI is InChI=1S/C18H29N6O3PS2/c1-6-26-28(25,27-7-2)12-15-8-10-16(11-9-15)20-18(30)24-22-14(4)13(3)21-23-17(29)19-5/h8-11H,6-7,12H2,1-5H3,(H2,19,23,29)(H2,20,24,30)/b21-13+,22-14-. The van der Waals surface area contributed by atoms with E-state index in [4.69, 9.17) is 33.5 Å². The van der Waals surface area contributed by atoms with Crippen LogP contribution in [0, 0.1) is 0 Å². The Morgan fingerprint density at radius 3 is 1.93 bits per heavy atom. The number of anilines is 1. The van der Waals surface area contributed by atoms with Crippen LogP contribution in [0.3, 0.4) is 0 Å². The predicted molar refractivity (Wildman–Crippen MR) is 131 cm³/mol. The Kier molecular flexibility index (Phi) is 11.7. The number of benzene rings is 1. The molecule has 4 N–H and O–H groups in total. The largest absolute Gasteiger partial charge is 0.364 e. The molecule has 0 aliphatic heterocycles. The van der Waals surface area contributed by atoms with Gasteiger partial charge in [0.2, 0.25) is 0 Å². The van der Waals surface area contributed by atoms with Gasteiger partial charge >= 0.3 is 7.60 Å².